The van der Waals surface area contributed by atoms with Gasteiger partial charge in [0.2, 0.25) is 5.91 Å². The summed E-state index contributed by atoms with van der Waals surface area (Å²) in [6, 6.07) is 5.39. The average molecular weight is 235 g/mol. The number of hydrogen-bond acceptors (Lipinski definition) is 3. The Hall–Kier alpha value is -2.09. The lowest BCUT2D eigenvalue weighted by atomic mass is 10.2. The SMILES string of the molecule is CCNC(=O)C(C)Nc1ccc(C#N)cc1F. The van der Waals surface area contributed by atoms with Crippen molar-refractivity contribution in [1.29, 1.82) is 5.26 Å². The molecule has 1 aromatic carbocycles. The number of benzene rings is 1. The Morgan fingerprint density at radius 1 is 1.59 bits per heavy atom. The van der Waals surface area contributed by atoms with E-state index in [2.05, 4.69) is 10.6 Å². The number of anilines is 1. The molecule has 0 bridgehead atoms. The minimum Gasteiger partial charge on any atom is -0.372 e. The highest BCUT2D eigenvalue weighted by molar-refractivity contribution is 5.84. The number of carbonyl (C=O) groups is 1. The molecule has 0 saturated heterocycles. The molecule has 0 fully saturated rings. The zero-order valence-corrected chi connectivity index (χ0v) is 9.75. The predicted octanol–water partition coefficient (Wildman–Crippen LogP) is 1.63. The molecule has 1 rings (SSSR count). The monoisotopic (exact) mass is 235 g/mol. The molecule has 2 N–H and O–H groups in total. The van der Waals surface area contributed by atoms with Crippen LogP contribution in [-0.2, 0) is 4.79 Å². The Bertz CT molecular complexity index is 454. The maximum atomic E-state index is 13.5. The highest BCUT2D eigenvalue weighted by Crippen LogP contribution is 2.16. The number of rotatable bonds is 4. The summed E-state index contributed by atoms with van der Waals surface area (Å²) >= 11 is 0. The standard InChI is InChI=1S/C12H14FN3O/c1-3-15-12(17)8(2)16-11-5-4-9(7-14)6-10(11)13/h4-6,8,16H,3H2,1-2H3,(H,15,17). The lowest BCUT2D eigenvalue weighted by molar-refractivity contribution is -0.121. The van der Waals surface area contributed by atoms with Gasteiger partial charge in [-0.15, -0.1) is 0 Å². The van der Waals surface area contributed by atoms with Crippen molar-refractivity contribution in [2.45, 2.75) is 19.9 Å². The molecule has 17 heavy (non-hydrogen) atoms. The zero-order valence-electron chi connectivity index (χ0n) is 9.75. The smallest absolute Gasteiger partial charge is 0.242 e. The van der Waals surface area contributed by atoms with Crippen LogP contribution in [-0.4, -0.2) is 18.5 Å². The molecule has 1 unspecified atom stereocenters. The Morgan fingerprint density at radius 2 is 2.29 bits per heavy atom. The summed E-state index contributed by atoms with van der Waals surface area (Å²) in [6.45, 7) is 3.98. The number of amides is 1. The number of carbonyl (C=O) groups excluding carboxylic acids is 1. The summed E-state index contributed by atoms with van der Waals surface area (Å²) in [7, 11) is 0. The second kappa shape index (κ2) is 5.85. The first kappa shape index (κ1) is 13.0. The van der Waals surface area contributed by atoms with Gasteiger partial charge in [0.15, 0.2) is 0 Å². The van der Waals surface area contributed by atoms with Gasteiger partial charge in [0.1, 0.15) is 11.9 Å². The highest BCUT2D eigenvalue weighted by atomic mass is 19.1. The number of hydrogen-bond donors (Lipinski definition) is 2. The molecule has 0 aliphatic rings. The molecule has 1 aromatic rings. The highest BCUT2D eigenvalue weighted by Gasteiger charge is 2.13. The Kier molecular flexibility index (Phi) is 4.46. The molecular formula is C12H14FN3O. The van der Waals surface area contributed by atoms with E-state index in [1.807, 2.05) is 13.0 Å². The van der Waals surface area contributed by atoms with Crippen LogP contribution in [0.5, 0.6) is 0 Å². The van der Waals surface area contributed by atoms with Crippen LogP contribution < -0.4 is 10.6 Å². The second-order valence-electron chi connectivity index (χ2n) is 3.57. The minimum absolute atomic E-state index is 0.198. The van der Waals surface area contributed by atoms with E-state index in [0.29, 0.717) is 6.54 Å². The fraction of sp³-hybridized carbons (Fsp3) is 0.333. The van der Waals surface area contributed by atoms with Gasteiger partial charge in [0.25, 0.3) is 0 Å². The molecule has 0 aliphatic heterocycles. The lowest BCUT2D eigenvalue weighted by Crippen LogP contribution is -2.37. The van der Waals surface area contributed by atoms with Crippen LogP contribution in [0.2, 0.25) is 0 Å². The predicted molar refractivity (Wildman–Crippen MR) is 62.9 cm³/mol. The number of likely N-dealkylation sites (N-methyl/N-ethyl adjacent to an activating group) is 1. The maximum absolute atomic E-state index is 13.5. The van der Waals surface area contributed by atoms with Crippen LogP contribution in [0.4, 0.5) is 10.1 Å². The summed E-state index contributed by atoms with van der Waals surface area (Å²) in [5.41, 5.74) is 0.460. The van der Waals surface area contributed by atoms with E-state index in [0.717, 1.165) is 6.07 Å². The van der Waals surface area contributed by atoms with E-state index in [1.54, 1.807) is 6.92 Å². The average Bonchev–Trinajstić information content (AvgIpc) is 2.31. The van der Waals surface area contributed by atoms with Crippen molar-refractivity contribution in [3.05, 3.63) is 29.6 Å². The first-order valence-corrected chi connectivity index (χ1v) is 5.32. The third-order valence-electron chi connectivity index (χ3n) is 2.21. The van der Waals surface area contributed by atoms with Crippen molar-refractivity contribution in [2.75, 3.05) is 11.9 Å². The first-order chi connectivity index (χ1) is 8.08. The quantitative estimate of drug-likeness (QED) is 0.833. The van der Waals surface area contributed by atoms with E-state index in [4.69, 9.17) is 5.26 Å². The Morgan fingerprint density at radius 3 is 2.82 bits per heavy atom. The molecule has 90 valence electrons. The van der Waals surface area contributed by atoms with Gasteiger partial charge in [0.05, 0.1) is 17.3 Å². The van der Waals surface area contributed by atoms with E-state index in [-0.39, 0.29) is 17.2 Å². The molecule has 4 nitrogen and oxygen atoms in total. The molecule has 1 amide bonds. The van der Waals surface area contributed by atoms with Crippen LogP contribution in [0.1, 0.15) is 19.4 Å². The normalized spacial score (nSPS) is 11.4. The van der Waals surface area contributed by atoms with E-state index in [1.165, 1.54) is 12.1 Å². The topological polar surface area (TPSA) is 64.9 Å². The number of halogens is 1. The molecular weight excluding hydrogens is 221 g/mol. The Balaban J connectivity index is 2.75. The van der Waals surface area contributed by atoms with Crippen LogP contribution in [0.3, 0.4) is 0 Å². The van der Waals surface area contributed by atoms with E-state index in [9.17, 15) is 9.18 Å². The molecule has 1 atom stereocenters. The molecule has 0 aromatic heterocycles. The summed E-state index contributed by atoms with van der Waals surface area (Å²) in [4.78, 5) is 11.4. The van der Waals surface area contributed by atoms with Crippen molar-refractivity contribution in [3.8, 4) is 6.07 Å². The number of nitrogens with zero attached hydrogens (tertiary/aromatic N) is 1. The van der Waals surface area contributed by atoms with Crippen LogP contribution >= 0.6 is 0 Å². The van der Waals surface area contributed by atoms with Gasteiger partial charge < -0.3 is 10.6 Å². The van der Waals surface area contributed by atoms with Gasteiger partial charge in [-0.05, 0) is 32.0 Å². The number of nitriles is 1. The van der Waals surface area contributed by atoms with Crippen molar-refractivity contribution < 1.29 is 9.18 Å². The molecule has 0 heterocycles. The van der Waals surface area contributed by atoms with Crippen LogP contribution in [0.25, 0.3) is 0 Å². The van der Waals surface area contributed by atoms with Gasteiger partial charge in [0, 0.05) is 6.54 Å². The molecule has 0 aliphatic carbocycles. The molecule has 0 radical (unpaired) electrons. The second-order valence-corrected chi connectivity index (χ2v) is 3.57. The molecule has 0 spiro atoms. The fourth-order valence-electron chi connectivity index (χ4n) is 1.33. The van der Waals surface area contributed by atoms with Gasteiger partial charge in [-0.1, -0.05) is 0 Å². The first-order valence-electron chi connectivity index (χ1n) is 5.32. The van der Waals surface area contributed by atoms with Crippen molar-refractivity contribution in [1.82, 2.24) is 5.32 Å². The molecule has 0 saturated carbocycles. The van der Waals surface area contributed by atoms with Gasteiger partial charge in [-0.3, -0.25) is 4.79 Å². The number of nitrogens with one attached hydrogen (secondary N) is 2. The third-order valence-corrected chi connectivity index (χ3v) is 2.21. The van der Waals surface area contributed by atoms with Crippen molar-refractivity contribution in [2.24, 2.45) is 0 Å². The summed E-state index contributed by atoms with van der Waals surface area (Å²) in [5.74, 6) is -0.739. The van der Waals surface area contributed by atoms with E-state index >= 15 is 0 Å². The molecule has 5 heteroatoms. The van der Waals surface area contributed by atoms with Crippen LogP contribution in [0, 0.1) is 17.1 Å². The fourth-order valence-corrected chi connectivity index (χ4v) is 1.33. The van der Waals surface area contributed by atoms with Gasteiger partial charge in [-0.2, -0.15) is 5.26 Å². The van der Waals surface area contributed by atoms with Crippen LogP contribution in [0.15, 0.2) is 18.2 Å². The summed E-state index contributed by atoms with van der Waals surface area (Å²) in [5, 5.41) is 14.0. The van der Waals surface area contributed by atoms with Gasteiger partial charge >= 0.3 is 0 Å². The lowest BCUT2D eigenvalue weighted by Gasteiger charge is -2.15. The van der Waals surface area contributed by atoms with Gasteiger partial charge in [-0.25, -0.2) is 4.39 Å². The Labute approximate surface area is 99.4 Å². The minimum atomic E-state index is -0.541. The van der Waals surface area contributed by atoms with Crippen molar-refractivity contribution >= 4 is 11.6 Å². The van der Waals surface area contributed by atoms with Crippen molar-refractivity contribution in [3.63, 3.8) is 0 Å². The maximum Gasteiger partial charge on any atom is 0.242 e. The summed E-state index contributed by atoms with van der Waals surface area (Å²) < 4.78 is 13.5. The van der Waals surface area contributed by atoms with E-state index < -0.39 is 11.9 Å². The zero-order chi connectivity index (χ0) is 12.8. The third kappa shape index (κ3) is 3.45. The largest absolute Gasteiger partial charge is 0.372 e. The summed E-state index contributed by atoms with van der Waals surface area (Å²) in [6.07, 6.45) is 0.